The van der Waals surface area contributed by atoms with E-state index in [0.717, 1.165) is 16.7 Å². The van der Waals surface area contributed by atoms with Crippen molar-refractivity contribution in [2.75, 3.05) is 14.2 Å². The van der Waals surface area contributed by atoms with Gasteiger partial charge in [-0.15, -0.1) is 0 Å². The molecule has 148 valence electrons. The van der Waals surface area contributed by atoms with Crippen LogP contribution in [0.15, 0.2) is 55.1 Å². The average Bonchev–Trinajstić information content (AvgIpc) is 2.73. The lowest BCUT2D eigenvalue weighted by atomic mass is 9.70. The zero-order chi connectivity index (χ0) is 21.1. The summed E-state index contributed by atoms with van der Waals surface area (Å²) >= 11 is 0. The van der Waals surface area contributed by atoms with Crippen molar-refractivity contribution >= 4 is 0 Å². The van der Waals surface area contributed by atoms with E-state index in [4.69, 9.17) is 4.74 Å². The van der Waals surface area contributed by atoms with Gasteiger partial charge in [-0.05, 0) is 23.8 Å². The van der Waals surface area contributed by atoms with E-state index in [1.54, 1.807) is 19.4 Å². The van der Waals surface area contributed by atoms with Crippen molar-refractivity contribution in [2.45, 2.75) is 26.4 Å². The van der Waals surface area contributed by atoms with Gasteiger partial charge in [0.15, 0.2) is 0 Å². The molecule has 0 spiro atoms. The van der Waals surface area contributed by atoms with Crippen LogP contribution >= 0.6 is 0 Å². The van der Waals surface area contributed by atoms with Crippen LogP contribution in [-0.4, -0.2) is 34.2 Å². The number of ether oxygens (including phenoxy) is 1. The van der Waals surface area contributed by atoms with Gasteiger partial charge in [0.25, 0.3) is 7.05 Å². The zero-order valence-electron chi connectivity index (χ0n) is 17.3. The summed E-state index contributed by atoms with van der Waals surface area (Å²) in [4.78, 5) is 16.8. The highest BCUT2D eigenvalue weighted by atomic mass is 16.5. The van der Waals surface area contributed by atoms with Gasteiger partial charge >= 0.3 is 6.07 Å². The fraction of sp³-hybridized carbons (Fsp3) is 0.304. The highest BCUT2D eigenvalue weighted by Crippen LogP contribution is 2.46. The van der Waals surface area contributed by atoms with E-state index in [1.807, 2.05) is 57.2 Å². The summed E-state index contributed by atoms with van der Waals surface area (Å²) in [6.45, 7) is 5.83. The predicted molar refractivity (Wildman–Crippen MR) is 113 cm³/mol. The highest BCUT2D eigenvalue weighted by molar-refractivity contribution is 5.63. The van der Waals surface area contributed by atoms with Crippen LogP contribution < -0.4 is 4.74 Å². The molecule has 29 heavy (non-hydrogen) atoms. The van der Waals surface area contributed by atoms with Crippen LogP contribution in [0.3, 0.4) is 0 Å². The number of pyridine rings is 1. The summed E-state index contributed by atoms with van der Waals surface area (Å²) in [7, 11) is 3.22. The number of nitrogens with zero attached hydrogens (tertiary/aromatic N) is 4. The molecule has 0 aliphatic heterocycles. The SMILES string of the molecule is C[N+]#Cc1ccc(-c2ccc(C(O)(c3cncnc3OC)C(C)(C)C)nc2)cc1. The molecular weight excluding hydrogens is 364 g/mol. The summed E-state index contributed by atoms with van der Waals surface area (Å²) in [6, 6.07) is 14.6. The van der Waals surface area contributed by atoms with Crippen molar-refractivity contribution in [1.82, 2.24) is 15.0 Å². The van der Waals surface area contributed by atoms with Gasteiger partial charge in [0.2, 0.25) is 5.88 Å². The lowest BCUT2D eigenvalue weighted by Crippen LogP contribution is -2.42. The Bertz CT molecular complexity index is 1050. The summed E-state index contributed by atoms with van der Waals surface area (Å²) in [5.41, 5.74) is 1.84. The third-order valence-corrected chi connectivity index (χ3v) is 4.94. The van der Waals surface area contributed by atoms with Gasteiger partial charge in [0.05, 0.1) is 18.4 Å². The molecule has 0 saturated carbocycles. The lowest BCUT2D eigenvalue weighted by molar-refractivity contribution is -0.0319. The van der Waals surface area contributed by atoms with Crippen LogP contribution in [0.1, 0.15) is 37.6 Å². The van der Waals surface area contributed by atoms with Crippen LogP contribution in [0, 0.1) is 11.5 Å². The van der Waals surface area contributed by atoms with Crippen LogP contribution in [0.5, 0.6) is 5.88 Å². The average molecular weight is 389 g/mol. The Kier molecular flexibility index (Phi) is 5.62. The van der Waals surface area contributed by atoms with E-state index in [0.29, 0.717) is 17.1 Å². The van der Waals surface area contributed by atoms with Gasteiger partial charge in [0, 0.05) is 23.4 Å². The molecule has 1 unspecified atom stereocenters. The van der Waals surface area contributed by atoms with Crippen LogP contribution in [0.25, 0.3) is 16.0 Å². The van der Waals surface area contributed by atoms with Gasteiger partial charge in [-0.25, -0.2) is 9.97 Å². The number of hydrogen-bond donors (Lipinski definition) is 1. The molecular formula is C23H25N4O2+. The molecule has 2 heterocycles. The second-order valence-electron chi connectivity index (χ2n) is 7.75. The molecule has 6 heteroatoms. The quantitative estimate of drug-likeness (QED) is 0.726. The second-order valence-corrected chi connectivity index (χ2v) is 7.75. The molecule has 6 nitrogen and oxygen atoms in total. The summed E-state index contributed by atoms with van der Waals surface area (Å²) in [5, 5.41) is 11.8. The van der Waals surface area contributed by atoms with Crippen molar-refractivity contribution in [2.24, 2.45) is 5.41 Å². The summed E-state index contributed by atoms with van der Waals surface area (Å²) < 4.78 is 5.38. The first-order chi connectivity index (χ1) is 13.8. The minimum atomic E-state index is -1.44. The molecule has 3 aromatic rings. The molecule has 1 aromatic carbocycles. The fourth-order valence-electron chi connectivity index (χ4n) is 3.30. The minimum absolute atomic E-state index is 0.327. The predicted octanol–water partition coefficient (Wildman–Crippen LogP) is 4.14. The number of methoxy groups -OCH3 is 1. The first-order valence-corrected chi connectivity index (χ1v) is 9.30. The molecule has 0 bridgehead atoms. The Morgan fingerprint density at radius 1 is 0.966 bits per heavy atom. The fourth-order valence-corrected chi connectivity index (χ4v) is 3.30. The molecule has 1 atom stereocenters. The van der Waals surface area contributed by atoms with Crippen LogP contribution in [-0.2, 0) is 5.60 Å². The molecule has 0 radical (unpaired) electrons. The number of aromatic nitrogens is 3. The van der Waals surface area contributed by atoms with Crippen LogP contribution in [0.2, 0.25) is 0 Å². The maximum Gasteiger partial charge on any atom is 0.310 e. The maximum atomic E-state index is 11.8. The third-order valence-electron chi connectivity index (χ3n) is 4.94. The number of aliphatic hydroxyl groups is 1. The monoisotopic (exact) mass is 389 g/mol. The molecule has 1 N–H and O–H groups in total. The Morgan fingerprint density at radius 2 is 1.66 bits per heavy atom. The molecule has 3 rings (SSSR count). The smallest absolute Gasteiger partial charge is 0.310 e. The molecule has 0 fully saturated rings. The molecule has 2 aromatic heterocycles. The van der Waals surface area contributed by atoms with E-state index in [2.05, 4.69) is 25.9 Å². The van der Waals surface area contributed by atoms with Gasteiger partial charge in [0.1, 0.15) is 17.5 Å². The Labute approximate surface area is 171 Å². The van der Waals surface area contributed by atoms with E-state index in [1.165, 1.54) is 13.4 Å². The van der Waals surface area contributed by atoms with Crippen molar-refractivity contribution < 1.29 is 9.84 Å². The van der Waals surface area contributed by atoms with Crippen molar-refractivity contribution in [3.63, 3.8) is 0 Å². The topological polar surface area (TPSA) is 72.5 Å². The maximum absolute atomic E-state index is 11.8. The highest BCUT2D eigenvalue weighted by Gasteiger charge is 2.47. The van der Waals surface area contributed by atoms with Gasteiger partial charge < -0.3 is 9.84 Å². The third kappa shape index (κ3) is 3.82. The molecule has 0 saturated heterocycles. The standard InChI is InChI=1S/C23H25N4O2/c1-22(2,3)23(28,19-14-25-15-27-21(19)29-5)20-11-10-18(13-26-20)17-8-6-16(7-9-17)12-24-4/h6-11,13-15,28H,1-5H3/q+1. The molecule has 0 aliphatic rings. The summed E-state index contributed by atoms with van der Waals surface area (Å²) in [5.74, 6) is 0.327. The van der Waals surface area contributed by atoms with E-state index >= 15 is 0 Å². The van der Waals surface area contributed by atoms with Gasteiger partial charge in [-0.1, -0.05) is 43.8 Å². The Balaban J connectivity index is 2.05. The van der Waals surface area contributed by atoms with Crippen molar-refractivity contribution in [3.8, 4) is 23.1 Å². The van der Waals surface area contributed by atoms with Crippen molar-refractivity contribution in [3.05, 3.63) is 76.8 Å². The molecule has 0 amide bonds. The normalized spacial score (nSPS) is 13.2. The first kappa shape index (κ1) is 20.4. The van der Waals surface area contributed by atoms with Gasteiger partial charge in [-0.2, -0.15) is 0 Å². The van der Waals surface area contributed by atoms with E-state index in [9.17, 15) is 5.11 Å². The van der Waals surface area contributed by atoms with Crippen molar-refractivity contribution in [1.29, 1.82) is 0 Å². The van der Waals surface area contributed by atoms with Gasteiger partial charge in [-0.3, -0.25) is 4.98 Å². The minimum Gasteiger partial charge on any atom is -0.481 e. The first-order valence-electron chi connectivity index (χ1n) is 9.30. The molecule has 0 aliphatic carbocycles. The number of rotatable bonds is 4. The number of benzene rings is 1. The Hall–Kier alpha value is -3.30. The summed E-state index contributed by atoms with van der Waals surface area (Å²) in [6.07, 6.45) is 4.73. The largest absolute Gasteiger partial charge is 0.481 e. The van der Waals surface area contributed by atoms with E-state index in [-0.39, 0.29) is 0 Å². The van der Waals surface area contributed by atoms with E-state index < -0.39 is 11.0 Å². The zero-order valence-corrected chi connectivity index (χ0v) is 17.3. The number of hydrogen-bond acceptors (Lipinski definition) is 5. The second kappa shape index (κ2) is 7.98. The van der Waals surface area contributed by atoms with Crippen LogP contribution in [0.4, 0.5) is 0 Å². The Morgan fingerprint density at radius 3 is 2.21 bits per heavy atom. The lowest BCUT2D eigenvalue weighted by Gasteiger charge is -2.40.